The number of rotatable bonds is 1. The fraction of sp³-hybridized carbons (Fsp3) is 0.0588. The molecule has 4 rings (SSSR count). The Kier molecular flexibility index (Phi) is 2.32. The fourth-order valence-electron chi connectivity index (χ4n) is 2.96. The SMILES string of the molecule is OCc1ccc2ccc3ccc(Br)c4ccc1c2c34. The summed E-state index contributed by atoms with van der Waals surface area (Å²) in [6.45, 7) is 0.0787. The topological polar surface area (TPSA) is 20.2 Å². The van der Waals surface area contributed by atoms with Gasteiger partial charge in [-0.2, -0.15) is 0 Å². The highest BCUT2D eigenvalue weighted by Gasteiger charge is 2.11. The van der Waals surface area contributed by atoms with E-state index < -0.39 is 0 Å². The van der Waals surface area contributed by atoms with Crippen LogP contribution < -0.4 is 0 Å². The van der Waals surface area contributed by atoms with Gasteiger partial charge in [-0.3, -0.25) is 0 Å². The highest BCUT2D eigenvalue weighted by Crippen LogP contribution is 2.38. The molecule has 19 heavy (non-hydrogen) atoms. The van der Waals surface area contributed by atoms with Crippen LogP contribution in [0, 0.1) is 0 Å². The van der Waals surface area contributed by atoms with Gasteiger partial charge in [0.2, 0.25) is 0 Å². The summed E-state index contributed by atoms with van der Waals surface area (Å²) in [4.78, 5) is 0. The predicted molar refractivity (Wildman–Crippen MR) is 83.8 cm³/mol. The van der Waals surface area contributed by atoms with Crippen molar-refractivity contribution in [1.82, 2.24) is 0 Å². The summed E-state index contributed by atoms with van der Waals surface area (Å²) in [5, 5.41) is 16.9. The Labute approximate surface area is 118 Å². The molecule has 0 unspecified atom stereocenters. The van der Waals surface area contributed by atoms with Gasteiger partial charge < -0.3 is 5.11 Å². The molecule has 0 aromatic heterocycles. The number of halogens is 1. The molecule has 4 aromatic rings. The third-order valence-corrected chi connectivity index (χ3v) is 4.56. The zero-order chi connectivity index (χ0) is 13.0. The molecule has 0 saturated heterocycles. The molecule has 0 atom stereocenters. The largest absolute Gasteiger partial charge is 0.392 e. The van der Waals surface area contributed by atoms with Gasteiger partial charge in [-0.25, -0.2) is 0 Å². The van der Waals surface area contributed by atoms with Crippen LogP contribution >= 0.6 is 15.9 Å². The molecule has 1 N–H and O–H groups in total. The molecule has 0 fully saturated rings. The van der Waals surface area contributed by atoms with Crippen LogP contribution in [0.2, 0.25) is 0 Å². The van der Waals surface area contributed by atoms with Gasteiger partial charge in [-0.1, -0.05) is 58.4 Å². The Balaban J connectivity index is 2.39. The van der Waals surface area contributed by atoms with E-state index in [0.29, 0.717) is 0 Å². The molecule has 0 aliphatic carbocycles. The lowest BCUT2D eigenvalue weighted by atomic mass is 9.92. The van der Waals surface area contributed by atoms with E-state index in [2.05, 4.69) is 58.4 Å². The van der Waals surface area contributed by atoms with Crippen molar-refractivity contribution >= 4 is 48.2 Å². The molecular formula is C17H11BrO. The van der Waals surface area contributed by atoms with Crippen LogP contribution in [0.4, 0.5) is 0 Å². The van der Waals surface area contributed by atoms with Crippen molar-refractivity contribution in [3.05, 3.63) is 58.6 Å². The molecule has 0 heterocycles. The average molecular weight is 311 g/mol. The summed E-state index contributed by atoms with van der Waals surface area (Å²) in [6.07, 6.45) is 0. The Morgan fingerprint density at radius 3 is 2.05 bits per heavy atom. The van der Waals surface area contributed by atoms with Crippen molar-refractivity contribution in [1.29, 1.82) is 0 Å². The van der Waals surface area contributed by atoms with E-state index in [-0.39, 0.29) is 6.61 Å². The number of benzene rings is 4. The second-order valence-electron chi connectivity index (χ2n) is 4.85. The Hall–Kier alpha value is -1.64. The number of hydrogen-bond donors (Lipinski definition) is 1. The van der Waals surface area contributed by atoms with Crippen LogP contribution in [-0.2, 0) is 6.61 Å². The quantitative estimate of drug-likeness (QED) is 0.499. The maximum absolute atomic E-state index is 9.51. The number of aliphatic hydroxyl groups excluding tert-OH is 1. The lowest BCUT2D eigenvalue weighted by Gasteiger charge is -2.13. The third kappa shape index (κ3) is 1.44. The first kappa shape index (κ1) is 11.2. The first-order valence-corrected chi connectivity index (χ1v) is 7.04. The summed E-state index contributed by atoms with van der Waals surface area (Å²) in [5.41, 5.74) is 0.988. The maximum Gasteiger partial charge on any atom is 0.0687 e. The van der Waals surface area contributed by atoms with E-state index >= 15 is 0 Å². The molecule has 0 radical (unpaired) electrons. The zero-order valence-electron chi connectivity index (χ0n) is 10.2. The predicted octanol–water partition coefficient (Wildman–Crippen LogP) is 4.84. The van der Waals surface area contributed by atoms with Crippen molar-refractivity contribution in [2.75, 3.05) is 0 Å². The van der Waals surface area contributed by atoms with Gasteiger partial charge in [0.15, 0.2) is 0 Å². The molecule has 4 aromatic carbocycles. The monoisotopic (exact) mass is 310 g/mol. The second kappa shape index (κ2) is 3.92. The van der Waals surface area contributed by atoms with Gasteiger partial charge in [0.25, 0.3) is 0 Å². The minimum atomic E-state index is 0.0787. The summed E-state index contributed by atoms with van der Waals surface area (Å²) >= 11 is 3.63. The first-order valence-electron chi connectivity index (χ1n) is 6.25. The van der Waals surface area contributed by atoms with Gasteiger partial charge in [-0.15, -0.1) is 0 Å². The maximum atomic E-state index is 9.51. The standard InChI is InChI=1S/C17H11BrO/c18-15-8-5-11-2-1-10-3-4-12(9-19)13-6-7-14(15)17(11)16(10)13/h1-8,19H,9H2. The zero-order valence-corrected chi connectivity index (χ0v) is 11.7. The highest BCUT2D eigenvalue weighted by molar-refractivity contribution is 9.10. The average Bonchev–Trinajstić information content (AvgIpc) is 2.46. The van der Waals surface area contributed by atoms with Crippen LogP contribution in [0.25, 0.3) is 32.3 Å². The van der Waals surface area contributed by atoms with Crippen LogP contribution in [0.1, 0.15) is 5.56 Å². The third-order valence-electron chi connectivity index (χ3n) is 3.87. The molecule has 92 valence electrons. The molecule has 0 spiro atoms. The molecule has 0 aliphatic heterocycles. The van der Waals surface area contributed by atoms with E-state index in [1.807, 2.05) is 6.07 Å². The van der Waals surface area contributed by atoms with Gasteiger partial charge >= 0.3 is 0 Å². The van der Waals surface area contributed by atoms with Gasteiger partial charge in [0.05, 0.1) is 6.61 Å². The Morgan fingerprint density at radius 2 is 1.32 bits per heavy atom. The summed E-state index contributed by atoms with van der Waals surface area (Å²) in [7, 11) is 0. The molecule has 2 heteroatoms. The molecular weight excluding hydrogens is 300 g/mol. The summed E-state index contributed by atoms with van der Waals surface area (Å²) in [6, 6.07) is 16.9. The lowest BCUT2D eigenvalue weighted by molar-refractivity contribution is 0.283. The van der Waals surface area contributed by atoms with Crippen LogP contribution in [0.5, 0.6) is 0 Å². The molecule has 0 saturated carbocycles. The van der Waals surface area contributed by atoms with Crippen molar-refractivity contribution in [2.45, 2.75) is 6.61 Å². The fourth-order valence-corrected chi connectivity index (χ4v) is 3.43. The van der Waals surface area contributed by atoms with E-state index in [4.69, 9.17) is 0 Å². The number of aliphatic hydroxyl groups is 1. The van der Waals surface area contributed by atoms with E-state index in [9.17, 15) is 5.11 Å². The lowest BCUT2D eigenvalue weighted by Crippen LogP contribution is -1.90. The van der Waals surface area contributed by atoms with Crippen LogP contribution in [0.15, 0.2) is 53.0 Å². The van der Waals surface area contributed by atoms with Crippen LogP contribution in [-0.4, -0.2) is 5.11 Å². The van der Waals surface area contributed by atoms with Crippen molar-refractivity contribution in [2.24, 2.45) is 0 Å². The summed E-state index contributed by atoms with van der Waals surface area (Å²) in [5.74, 6) is 0. The molecule has 1 nitrogen and oxygen atoms in total. The van der Waals surface area contributed by atoms with Gasteiger partial charge in [0, 0.05) is 4.47 Å². The second-order valence-corrected chi connectivity index (χ2v) is 5.71. The minimum Gasteiger partial charge on any atom is -0.392 e. The number of hydrogen-bond acceptors (Lipinski definition) is 1. The normalized spacial score (nSPS) is 11.9. The first-order chi connectivity index (χ1) is 9.29. The summed E-state index contributed by atoms with van der Waals surface area (Å²) < 4.78 is 1.11. The van der Waals surface area contributed by atoms with E-state index in [1.54, 1.807) is 0 Å². The van der Waals surface area contributed by atoms with Gasteiger partial charge in [0.1, 0.15) is 0 Å². The molecule has 0 bridgehead atoms. The van der Waals surface area contributed by atoms with E-state index in [1.165, 1.54) is 26.9 Å². The van der Waals surface area contributed by atoms with Crippen molar-refractivity contribution in [3.63, 3.8) is 0 Å². The minimum absolute atomic E-state index is 0.0787. The Bertz CT molecular complexity index is 911. The molecule has 0 amide bonds. The Morgan fingerprint density at radius 1 is 0.737 bits per heavy atom. The van der Waals surface area contributed by atoms with Crippen molar-refractivity contribution in [3.8, 4) is 0 Å². The van der Waals surface area contributed by atoms with Crippen LogP contribution in [0.3, 0.4) is 0 Å². The smallest absolute Gasteiger partial charge is 0.0687 e. The van der Waals surface area contributed by atoms with Crippen molar-refractivity contribution < 1.29 is 5.11 Å². The van der Waals surface area contributed by atoms with Gasteiger partial charge in [-0.05, 0) is 43.9 Å². The molecule has 0 aliphatic rings. The van der Waals surface area contributed by atoms with E-state index in [0.717, 1.165) is 15.4 Å². The highest BCUT2D eigenvalue weighted by atomic mass is 79.9.